The number of aryl methyl sites for hydroxylation is 3. The average Bonchev–Trinajstić information content (AvgIpc) is 3.29. The van der Waals surface area contributed by atoms with Crippen molar-refractivity contribution in [2.24, 2.45) is 0 Å². The topological polar surface area (TPSA) is 9.23 Å². The van der Waals surface area contributed by atoms with Crippen LogP contribution in [0.15, 0.2) is 36.4 Å². The number of benzene rings is 2. The molecule has 0 aromatic heterocycles. The first-order valence-corrected chi connectivity index (χ1v) is 12.3. The van der Waals surface area contributed by atoms with Gasteiger partial charge in [0.05, 0.1) is 6.61 Å². The normalized spacial score (nSPS) is 17.9. The molecule has 0 heterocycles. The van der Waals surface area contributed by atoms with Crippen molar-refractivity contribution in [3.05, 3.63) is 64.2 Å². The van der Waals surface area contributed by atoms with Gasteiger partial charge in [-0.05, 0) is 96.0 Å². The van der Waals surface area contributed by atoms with E-state index in [9.17, 15) is 0 Å². The molecule has 0 aliphatic heterocycles. The fourth-order valence-electron chi connectivity index (χ4n) is 4.35. The Morgan fingerprint density at radius 1 is 0.741 bits per heavy atom. The van der Waals surface area contributed by atoms with E-state index in [0.29, 0.717) is 0 Å². The molecule has 0 bridgehead atoms. The molecule has 0 saturated carbocycles. The van der Waals surface area contributed by atoms with Crippen molar-refractivity contribution in [3.63, 3.8) is 0 Å². The minimum atomic E-state index is 0.774. The Balaban J connectivity index is 1.66. The number of halogens is 2. The lowest BCUT2D eigenvalue weighted by Crippen LogP contribution is -1.98. The highest BCUT2D eigenvalue weighted by molar-refractivity contribution is 9.09. The second-order valence-electron chi connectivity index (χ2n) is 7.45. The largest absolute Gasteiger partial charge is 0.494 e. The Hall–Kier alpha value is -1.06. The number of allylic oxidation sites excluding steroid dienone is 2. The second kappa shape index (κ2) is 8.96. The van der Waals surface area contributed by atoms with E-state index < -0.39 is 0 Å². The fraction of sp³-hybridized carbons (Fsp3) is 0.417. The van der Waals surface area contributed by atoms with Crippen molar-refractivity contribution in [3.8, 4) is 5.75 Å². The summed E-state index contributed by atoms with van der Waals surface area (Å²) in [5, 5.41) is 2.06. The van der Waals surface area contributed by atoms with Crippen LogP contribution in [0.3, 0.4) is 0 Å². The number of rotatable bonds is 7. The van der Waals surface area contributed by atoms with Gasteiger partial charge in [0.2, 0.25) is 0 Å². The van der Waals surface area contributed by atoms with E-state index in [1.807, 2.05) is 0 Å². The van der Waals surface area contributed by atoms with Crippen molar-refractivity contribution < 1.29 is 4.74 Å². The van der Waals surface area contributed by atoms with E-state index in [0.717, 1.165) is 42.3 Å². The zero-order valence-electron chi connectivity index (χ0n) is 15.7. The Morgan fingerprint density at radius 3 is 2.11 bits per heavy atom. The number of hydrogen-bond donors (Lipinski definition) is 0. The van der Waals surface area contributed by atoms with Crippen LogP contribution < -0.4 is 4.74 Å². The highest BCUT2D eigenvalue weighted by atomic mass is 79.9. The maximum absolute atomic E-state index is 5.96. The molecule has 0 atom stereocenters. The van der Waals surface area contributed by atoms with Gasteiger partial charge >= 0.3 is 0 Å². The Labute approximate surface area is 179 Å². The van der Waals surface area contributed by atoms with Crippen molar-refractivity contribution in [2.45, 2.75) is 44.9 Å². The fourth-order valence-corrected chi connectivity index (χ4v) is 4.86. The molecule has 0 spiro atoms. The highest BCUT2D eigenvalue weighted by Gasteiger charge is 2.25. The molecule has 0 amide bonds. The molecule has 0 radical (unpaired) electrons. The van der Waals surface area contributed by atoms with Gasteiger partial charge in [0, 0.05) is 10.7 Å². The molecule has 142 valence electrons. The first-order chi connectivity index (χ1) is 13.3. The van der Waals surface area contributed by atoms with E-state index in [2.05, 4.69) is 68.3 Å². The minimum Gasteiger partial charge on any atom is -0.494 e. The van der Waals surface area contributed by atoms with Crippen LogP contribution in [0, 0.1) is 0 Å². The second-order valence-corrected chi connectivity index (χ2v) is 9.04. The quantitative estimate of drug-likeness (QED) is 0.301. The third-order valence-corrected chi connectivity index (χ3v) is 6.83. The van der Waals surface area contributed by atoms with Crippen molar-refractivity contribution in [2.75, 3.05) is 17.3 Å². The third-order valence-electron chi connectivity index (χ3n) is 5.70. The monoisotopic (exact) mass is 488 g/mol. The minimum absolute atomic E-state index is 0.774. The smallest absolute Gasteiger partial charge is 0.119 e. The molecular formula is C24H26Br2O. The number of alkyl halides is 2. The van der Waals surface area contributed by atoms with Crippen LogP contribution in [-0.2, 0) is 19.3 Å². The number of hydrogen-bond acceptors (Lipinski definition) is 1. The number of ether oxygens (including phenoxy) is 1. The van der Waals surface area contributed by atoms with Gasteiger partial charge in [-0.2, -0.15) is 0 Å². The zero-order valence-corrected chi connectivity index (χ0v) is 18.9. The summed E-state index contributed by atoms with van der Waals surface area (Å²) < 4.78 is 5.96. The van der Waals surface area contributed by atoms with Crippen molar-refractivity contribution in [1.82, 2.24) is 0 Å². The summed E-state index contributed by atoms with van der Waals surface area (Å²) in [6.45, 7) is 0.774. The van der Waals surface area contributed by atoms with Gasteiger partial charge in [0.25, 0.3) is 0 Å². The van der Waals surface area contributed by atoms with Crippen LogP contribution >= 0.6 is 31.9 Å². The van der Waals surface area contributed by atoms with E-state index in [-0.39, 0.29) is 0 Å². The highest BCUT2D eigenvalue weighted by Crippen LogP contribution is 2.44. The summed E-state index contributed by atoms with van der Waals surface area (Å²) in [4.78, 5) is 0. The summed E-state index contributed by atoms with van der Waals surface area (Å²) in [5.41, 5.74) is 10.6. The third kappa shape index (κ3) is 4.19. The van der Waals surface area contributed by atoms with Crippen LogP contribution in [0.4, 0.5) is 0 Å². The van der Waals surface area contributed by atoms with Gasteiger partial charge in [-0.3, -0.25) is 0 Å². The molecule has 4 rings (SSSR count). The van der Waals surface area contributed by atoms with E-state index in [1.54, 1.807) is 11.1 Å². The van der Waals surface area contributed by atoms with Crippen LogP contribution in [0.1, 0.15) is 53.5 Å². The van der Waals surface area contributed by atoms with Crippen molar-refractivity contribution in [1.29, 1.82) is 0 Å². The molecule has 2 aromatic rings. The van der Waals surface area contributed by atoms with Gasteiger partial charge in [0.1, 0.15) is 5.75 Å². The molecular weight excluding hydrogens is 464 g/mol. The standard InChI is InChI=1S/C24H26Br2O/c25-12-1-3-17-4-5-18-7-10-21(23(18)15-17)22-11-8-19-6-9-20(16-24(19)22)27-14-2-13-26/h4-6,9,15-16H,1-3,7-8,10-14H2/b22-21-. The lowest BCUT2D eigenvalue weighted by Gasteiger charge is -2.12. The van der Waals surface area contributed by atoms with Gasteiger partial charge in [-0.25, -0.2) is 0 Å². The first-order valence-electron chi connectivity index (χ1n) is 10.0. The summed E-state index contributed by atoms with van der Waals surface area (Å²) in [5.74, 6) is 1.01. The molecule has 2 aliphatic rings. The lowest BCUT2D eigenvalue weighted by molar-refractivity contribution is 0.319. The van der Waals surface area contributed by atoms with Gasteiger partial charge < -0.3 is 4.74 Å². The van der Waals surface area contributed by atoms with Gasteiger partial charge in [-0.1, -0.05) is 56.1 Å². The molecule has 3 heteroatoms. The molecule has 0 N–H and O–H groups in total. The SMILES string of the molecule is BrCCCOc1ccc2c(c1)/C(=C1/CCc3ccc(CCCBr)cc31)CC2. The molecule has 0 fully saturated rings. The van der Waals surface area contributed by atoms with Crippen LogP contribution in [-0.4, -0.2) is 17.3 Å². The lowest BCUT2D eigenvalue weighted by atomic mass is 9.95. The Kier molecular flexibility index (Phi) is 6.39. The maximum Gasteiger partial charge on any atom is 0.119 e. The van der Waals surface area contributed by atoms with Gasteiger partial charge in [-0.15, -0.1) is 0 Å². The summed E-state index contributed by atoms with van der Waals surface area (Å²) in [6, 6.07) is 13.8. The van der Waals surface area contributed by atoms with E-state index in [1.165, 1.54) is 53.5 Å². The Morgan fingerprint density at radius 2 is 1.41 bits per heavy atom. The van der Waals surface area contributed by atoms with E-state index >= 15 is 0 Å². The summed E-state index contributed by atoms with van der Waals surface area (Å²) in [6.07, 6.45) is 8.08. The number of fused-ring (bicyclic) bond motifs is 2. The molecule has 1 nitrogen and oxygen atoms in total. The van der Waals surface area contributed by atoms with Gasteiger partial charge in [0.15, 0.2) is 0 Å². The predicted octanol–water partition coefficient (Wildman–Crippen LogP) is 6.98. The summed E-state index contributed by atoms with van der Waals surface area (Å²) in [7, 11) is 0. The maximum atomic E-state index is 5.96. The van der Waals surface area contributed by atoms with Crippen LogP contribution in [0.5, 0.6) is 5.75 Å². The summed E-state index contributed by atoms with van der Waals surface area (Å²) >= 11 is 7.03. The molecule has 2 aliphatic carbocycles. The first kappa shape index (κ1) is 19.3. The molecule has 2 aromatic carbocycles. The van der Waals surface area contributed by atoms with Crippen LogP contribution in [0.2, 0.25) is 0 Å². The average molecular weight is 490 g/mol. The zero-order chi connectivity index (χ0) is 18.6. The molecule has 27 heavy (non-hydrogen) atoms. The van der Waals surface area contributed by atoms with Crippen molar-refractivity contribution >= 4 is 43.0 Å². The molecule has 0 saturated heterocycles. The van der Waals surface area contributed by atoms with Crippen LogP contribution in [0.25, 0.3) is 11.1 Å². The molecule has 0 unspecified atom stereocenters. The Bertz CT molecular complexity index is 853. The van der Waals surface area contributed by atoms with E-state index in [4.69, 9.17) is 4.74 Å². The predicted molar refractivity (Wildman–Crippen MR) is 122 cm³/mol.